The van der Waals surface area contributed by atoms with E-state index < -0.39 is 0 Å². The predicted octanol–water partition coefficient (Wildman–Crippen LogP) is 1.06. The molecule has 0 atom stereocenters. The summed E-state index contributed by atoms with van der Waals surface area (Å²) >= 11 is 0. The molecule has 0 aliphatic carbocycles. The summed E-state index contributed by atoms with van der Waals surface area (Å²) < 4.78 is 0. The summed E-state index contributed by atoms with van der Waals surface area (Å²) in [6.45, 7) is 3.97. The fourth-order valence-electron chi connectivity index (χ4n) is 1.16. The second kappa shape index (κ2) is 4.69. The SMILES string of the molecule is CCc1ccc(N(C)CC(C)=O)nn1. The normalized spacial score (nSPS) is 9.93. The van der Waals surface area contributed by atoms with E-state index in [1.165, 1.54) is 0 Å². The number of hydrogen-bond acceptors (Lipinski definition) is 4. The van der Waals surface area contributed by atoms with Crippen LogP contribution >= 0.6 is 0 Å². The largest absolute Gasteiger partial charge is 0.351 e. The number of aromatic nitrogens is 2. The van der Waals surface area contributed by atoms with Crippen molar-refractivity contribution in [1.29, 1.82) is 0 Å². The molecule has 0 radical (unpaired) electrons. The van der Waals surface area contributed by atoms with Gasteiger partial charge in [-0.2, -0.15) is 5.10 Å². The molecule has 0 fully saturated rings. The highest BCUT2D eigenvalue weighted by molar-refractivity contribution is 5.80. The number of aryl methyl sites for hydroxylation is 1. The first-order valence-corrected chi connectivity index (χ1v) is 4.66. The van der Waals surface area contributed by atoms with Crippen molar-refractivity contribution in [2.45, 2.75) is 20.3 Å². The Morgan fingerprint density at radius 3 is 2.57 bits per heavy atom. The van der Waals surface area contributed by atoms with Crippen molar-refractivity contribution in [3.05, 3.63) is 17.8 Å². The summed E-state index contributed by atoms with van der Waals surface area (Å²) in [5, 5.41) is 8.05. The highest BCUT2D eigenvalue weighted by atomic mass is 16.1. The van der Waals surface area contributed by atoms with Crippen LogP contribution in [0.2, 0.25) is 0 Å². The Hall–Kier alpha value is -1.45. The van der Waals surface area contributed by atoms with Gasteiger partial charge in [-0.15, -0.1) is 5.10 Å². The van der Waals surface area contributed by atoms with Gasteiger partial charge in [-0.05, 0) is 25.5 Å². The molecular formula is C10H15N3O. The molecule has 0 unspecified atom stereocenters. The minimum Gasteiger partial charge on any atom is -0.351 e. The van der Waals surface area contributed by atoms with Crippen LogP contribution in [0.1, 0.15) is 19.5 Å². The van der Waals surface area contributed by atoms with Gasteiger partial charge in [0, 0.05) is 7.05 Å². The topological polar surface area (TPSA) is 46.1 Å². The van der Waals surface area contributed by atoms with Crippen LogP contribution < -0.4 is 4.90 Å². The molecule has 1 rings (SSSR count). The lowest BCUT2D eigenvalue weighted by Gasteiger charge is -2.15. The van der Waals surface area contributed by atoms with Crippen molar-refractivity contribution in [3.8, 4) is 0 Å². The van der Waals surface area contributed by atoms with Gasteiger partial charge in [-0.1, -0.05) is 6.92 Å². The monoisotopic (exact) mass is 193 g/mol. The van der Waals surface area contributed by atoms with Crippen molar-refractivity contribution >= 4 is 11.6 Å². The average molecular weight is 193 g/mol. The van der Waals surface area contributed by atoms with E-state index in [0.29, 0.717) is 6.54 Å². The van der Waals surface area contributed by atoms with Gasteiger partial charge in [0.25, 0.3) is 0 Å². The Bertz CT molecular complexity index is 308. The molecule has 0 saturated heterocycles. The molecule has 76 valence electrons. The van der Waals surface area contributed by atoms with Gasteiger partial charge in [-0.25, -0.2) is 0 Å². The molecule has 0 N–H and O–H groups in total. The zero-order valence-corrected chi connectivity index (χ0v) is 8.82. The number of likely N-dealkylation sites (N-methyl/N-ethyl adjacent to an activating group) is 1. The number of nitrogens with zero attached hydrogens (tertiary/aromatic N) is 3. The van der Waals surface area contributed by atoms with Crippen molar-refractivity contribution in [1.82, 2.24) is 10.2 Å². The second-order valence-corrected chi connectivity index (χ2v) is 3.29. The maximum atomic E-state index is 10.9. The minimum absolute atomic E-state index is 0.119. The number of Topliss-reactive ketones (excluding diaryl/α,β-unsaturated/α-hetero) is 1. The molecule has 14 heavy (non-hydrogen) atoms. The summed E-state index contributed by atoms with van der Waals surface area (Å²) in [6.07, 6.45) is 0.879. The fourth-order valence-corrected chi connectivity index (χ4v) is 1.16. The van der Waals surface area contributed by atoms with E-state index in [9.17, 15) is 4.79 Å². The highest BCUT2D eigenvalue weighted by Gasteiger charge is 2.04. The fraction of sp³-hybridized carbons (Fsp3) is 0.500. The first kappa shape index (κ1) is 10.6. The molecule has 0 saturated carbocycles. The molecule has 1 aromatic rings. The van der Waals surface area contributed by atoms with Crippen molar-refractivity contribution in [2.24, 2.45) is 0 Å². The first-order chi connectivity index (χ1) is 6.63. The third kappa shape index (κ3) is 2.80. The molecular weight excluding hydrogens is 178 g/mol. The van der Waals surface area contributed by atoms with Gasteiger partial charge in [0.05, 0.1) is 12.2 Å². The summed E-state index contributed by atoms with van der Waals surface area (Å²) in [5.74, 6) is 0.853. The van der Waals surface area contributed by atoms with Crippen LogP contribution in [-0.2, 0) is 11.2 Å². The Kier molecular flexibility index (Phi) is 3.56. The molecule has 0 spiro atoms. The number of anilines is 1. The Balaban J connectivity index is 2.71. The predicted molar refractivity (Wildman–Crippen MR) is 55.4 cm³/mol. The van der Waals surface area contributed by atoms with Gasteiger partial charge in [-0.3, -0.25) is 4.79 Å². The number of ketones is 1. The smallest absolute Gasteiger partial charge is 0.151 e. The Labute approximate surface area is 84.0 Å². The van der Waals surface area contributed by atoms with E-state index in [4.69, 9.17) is 0 Å². The molecule has 0 aromatic carbocycles. The molecule has 0 aliphatic heterocycles. The van der Waals surface area contributed by atoms with Gasteiger partial charge < -0.3 is 4.90 Å². The highest BCUT2D eigenvalue weighted by Crippen LogP contribution is 2.07. The maximum absolute atomic E-state index is 10.9. The van der Waals surface area contributed by atoms with Gasteiger partial charge in [0.2, 0.25) is 0 Å². The third-order valence-corrected chi connectivity index (χ3v) is 1.92. The summed E-state index contributed by atoms with van der Waals surface area (Å²) in [6, 6.07) is 3.81. The van der Waals surface area contributed by atoms with E-state index in [0.717, 1.165) is 17.9 Å². The Morgan fingerprint density at radius 1 is 1.43 bits per heavy atom. The lowest BCUT2D eigenvalue weighted by molar-refractivity contribution is -0.115. The Morgan fingerprint density at radius 2 is 2.14 bits per heavy atom. The summed E-state index contributed by atoms with van der Waals surface area (Å²) in [4.78, 5) is 12.6. The molecule has 0 amide bonds. The van der Waals surface area contributed by atoms with Crippen LogP contribution in [-0.4, -0.2) is 29.6 Å². The van der Waals surface area contributed by atoms with Crippen molar-refractivity contribution in [2.75, 3.05) is 18.5 Å². The summed E-state index contributed by atoms with van der Waals surface area (Å²) in [5.41, 5.74) is 0.963. The van der Waals surface area contributed by atoms with Crippen LogP contribution in [0.3, 0.4) is 0 Å². The molecule has 4 nitrogen and oxygen atoms in total. The zero-order chi connectivity index (χ0) is 10.6. The minimum atomic E-state index is 0.119. The van der Waals surface area contributed by atoms with Gasteiger partial charge in [0.1, 0.15) is 5.78 Å². The van der Waals surface area contributed by atoms with Crippen LogP contribution in [0.15, 0.2) is 12.1 Å². The van der Waals surface area contributed by atoms with Crippen molar-refractivity contribution < 1.29 is 4.79 Å². The number of rotatable bonds is 4. The maximum Gasteiger partial charge on any atom is 0.151 e. The van der Waals surface area contributed by atoms with E-state index >= 15 is 0 Å². The van der Waals surface area contributed by atoms with E-state index in [-0.39, 0.29) is 5.78 Å². The van der Waals surface area contributed by atoms with Crippen molar-refractivity contribution in [3.63, 3.8) is 0 Å². The summed E-state index contributed by atoms with van der Waals surface area (Å²) in [7, 11) is 1.83. The van der Waals surface area contributed by atoms with E-state index in [2.05, 4.69) is 10.2 Å². The van der Waals surface area contributed by atoms with E-state index in [1.807, 2.05) is 26.1 Å². The quantitative estimate of drug-likeness (QED) is 0.717. The standard InChI is InChI=1S/C10H15N3O/c1-4-9-5-6-10(12-11-9)13(3)7-8(2)14/h5-6H,4,7H2,1-3H3. The van der Waals surface area contributed by atoms with E-state index in [1.54, 1.807) is 11.8 Å². The third-order valence-electron chi connectivity index (χ3n) is 1.92. The number of carbonyl (C=O) groups is 1. The lowest BCUT2D eigenvalue weighted by atomic mass is 10.3. The lowest BCUT2D eigenvalue weighted by Crippen LogP contribution is -2.24. The second-order valence-electron chi connectivity index (χ2n) is 3.29. The molecule has 4 heteroatoms. The number of hydrogen-bond donors (Lipinski definition) is 0. The van der Waals surface area contributed by atoms with Gasteiger partial charge in [0.15, 0.2) is 5.82 Å². The van der Waals surface area contributed by atoms with Gasteiger partial charge >= 0.3 is 0 Å². The van der Waals surface area contributed by atoms with Crippen LogP contribution in [0.25, 0.3) is 0 Å². The van der Waals surface area contributed by atoms with Crippen LogP contribution in [0, 0.1) is 0 Å². The van der Waals surface area contributed by atoms with Crippen LogP contribution in [0.4, 0.5) is 5.82 Å². The molecule has 0 bridgehead atoms. The number of carbonyl (C=O) groups excluding carboxylic acids is 1. The van der Waals surface area contributed by atoms with Crippen LogP contribution in [0.5, 0.6) is 0 Å². The molecule has 1 aromatic heterocycles. The average Bonchev–Trinajstić information content (AvgIpc) is 2.17. The first-order valence-electron chi connectivity index (χ1n) is 4.66. The zero-order valence-electron chi connectivity index (χ0n) is 8.82. The molecule has 1 heterocycles. The molecule has 0 aliphatic rings.